The number of hydrogen-bond donors (Lipinski definition) is 2. The number of hydrogen-bond acceptors (Lipinski definition) is 4. The monoisotopic (exact) mass is 364 g/mol. The van der Waals surface area contributed by atoms with Gasteiger partial charge in [-0.2, -0.15) is 5.10 Å². The minimum atomic E-state index is -1.24. The Labute approximate surface area is 154 Å². The van der Waals surface area contributed by atoms with Crippen LogP contribution < -0.4 is 10.6 Å². The van der Waals surface area contributed by atoms with Crippen LogP contribution in [0.1, 0.15) is 6.92 Å². The average Bonchev–Trinajstić information content (AvgIpc) is 3.18. The van der Waals surface area contributed by atoms with E-state index in [1.54, 1.807) is 29.9 Å². The van der Waals surface area contributed by atoms with Crippen LogP contribution in [-0.4, -0.2) is 26.3 Å². The van der Waals surface area contributed by atoms with E-state index in [0.717, 1.165) is 16.3 Å². The summed E-state index contributed by atoms with van der Waals surface area (Å²) in [5.41, 5.74) is 2.24. The fourth-order valence-electron chi connectivity index (χ4n) is 2.69. The molecular formula is C19H16N4O2S. The Morgan fingerprint density at radius 2 is 1.92 bits per heavy atom. The summed E-state index contributed by atoms with van der Waals surface area (Å²) < 4.78 is 0.489. The molecule has 130 valence electrons. The van der Waals surface area contributed by atoms with Crippen molar-refractivity contribution >= 4 is 35.0 Å². The van der Waals surface area contributed by atoms with Crippen molar-refractivity contribution in [1.29, 1.82) is 0 Å². The number of para-hydroxylation sites is 1. The number of nitrogens with one attached hydrogen (secondary N) is 2. The second kappa shape index (κ2) is 6.34. The second-order valence-electron chi connectivity index (χ2n) is 6.04. The lowest BCUT2D eigenvalue weighted by atomic mass is 10.1. The molecule has 2 heterocycles. The Bertz CT molecular complexity index is 969. The zero-order valence-corrected chi connectivity index (χ0v) is 14.8. The predicted molar refractivity (Wildman–Crippen MR) is 102 cm³/mol. The Morgan fingerprint density at radius 1 is 1.15 bits per heavy atom. The third-order valence-electron chi connectivity index (χ3n) is 4.21. The Hall–Kier alpha value is -3.06. The van der Waals surface area contributed by atoms with Crippen molar-refractivity contribution in [3.8, 4) is 5.69 Å². The van der Waals surface area contributed by atoms with E-state index in [2.05, 4.69) is 15.7 Å². The molecule has 1 atom stereocenters. The summed E-state index contributed by atoms with van der Waals surface area (Å²) in [6.45, 7) is 1.64. The summed E-state index contributed by atoms with van der Waals surface area (Å²) >= 11 is 1.26. The molecule has 1 aliphatic heterocycles. The van der Waals surface area contributed by atoms with Crippen LogP contribution in [0, 0.1) is 0 Å². The van der Waals surface area contributed by atoms with Crippen LogP contribution in [0.15, 0.2) is 71.9 Å². The number of carbonyl (C=O) groups is 2. The van der Waals surface area contributed by atoms with Gasteiger partial charge in [0, 0.05) is 23.0 Å². The Kier molecular flexibility index (Phi) is 4.00. The lowest BCUT2D eigenvalue weighted by Gasteiger charge is -2.31. The number of carbonyl (C=O) groups excluding carboxylic acids is 2. The lowest BCUT2D eigenvalue weighted by Crippen LogP contribution is -2.49. The zero-order chi connectivity index (χ0) is 18.1. The van der Waals surface area contributed by atoms with Gasteiger partial charge in [-0.05, 0) is 49.4 Å². The van der Waals surface area contributed by atoms with Gasteiger partial charge in [0.15, 0.2) is 4.75 Å². The third kappa shape index (κ3) is 2.86. The van der Waals surface area contributed by atoms with Gasteiger partial charge in [0.05, 0.1) is 11.4 Å². The van der Waals surface area contributed by atoms with E-state index >= 15 is 0 Å². The molecule has 7 heteroatoms. The fourth-order valence-corrected chi connectivity index (χ4v) is 3.79. The number of amides is 2. The molecule has 2 amide bonds. The smallest absolute Gasteiger partial charge is 0.250 e. The van der Waals surface area contributed by atoms with Crippen molar-refractivity contribution in [2.45, 2.75) is 16.6 Å². The highest BCUT2D eigenvalue weighted by molar-refractivity contribution is 8.02. The molecule has 26 heavy (non-hydrogen) atoms. The van der Waals surface area contributed by atoms with Crippen molar-refractivity contribution in [1.82, 2.24) is 9.78 Å². The molecule has 3 aromatic rings. The molecule has 0 saturated carbocycles. The molecule has 0 spiro atoms. The van der Waals surface area contributed by atoms with Crippen LogP contribution >= 0.6 is 11.8 Å². The zero-order valence-electron chi connectivity index (χ0n) is 14.0. The SMILES string of the molecule is CC1(C(=O)Nc2ccc(-n3cccn3)cc2)Sc2ccccc2NC1=O. The number of thioether (sulfide) groups is 1. The van der Waals surface area contributed by atoms with E-state index in [1.807, 2.05) is 48.7 Å². The average molecular weight is 364 g/mol. The van der Waals surface area contributed by atoms with Crippen LogP contribution in [-0.2, 0) is 9.59 Å². The largest absolute Gasteiger partial charge is 0.324 e. The third-order valence-corrected chi connectivity index (χ3v) is 5.56. The molecule has 2 N–H and O–H groups in total. The maximum atomic E-state index is 12.8. The maximum absolute atomic E-state index is 12.8. The molecule has 0 radical (unpaired) electrons. The standard InChI is InChI=1S/C19H16N4O2S/c1-19(18(25)22-15-5-2-3-6-16(15)26-19)17(24)21-13-7-9-14(10-8-13)23-12-4-11-20-23/h2-12H,1H3,(H,21,24)(H,22,25). The van der Waals surface area contributed by atoms with Gasteiger partial charge in [-0.15, -0.1) is 0 Å². The van der Waals surface area contributed by atoms with E-state index < -0.39 is 4.75 Å². The highest BCUT2D eigenvalue weighted by Crippen LogP contribution is 2.42. The van der Waals surface area contributed by atoms with Gasteiger partial charge < -0.3 is 10.6 Å². The normalized spacial score (nSPS) is 18.7. The highest BCUT2D eigenvalue weighted by Gasteiger charge is 2.45. The van der Waals surface area contributed by atoms with E-state index in [1.165, 1.54) is 11.8 Å². The topological polar surface area (TPSA) is 76.0 Å². The summed E-state index contributed by atoms with van der Waals surface area (Å²) in [6, 6.07) is 16.6. The van der Waals surface area contributed by atoms with Crippen LogP contribution in [0.3, 0.4) is 0 Å². The summed E-state index contributed by atoms with van der Waals surface area (Å²) in [7, 11) is 0. The van der Waals surface area contributed by atoms with Gasteiger partial charge in [-0.25, -0.2) is 4.68 Å². The number of nitrogens with zero attached hydrogens (tertiary/aromatic N) is 2. The van der Waals surface area contributed by atoms with Gasteiger partial charge in [0.1, 0.15) is 0 Å². The molecule has 0 fully saturated rings. The van der Waals surface area contributed by atoms with Gasteiger partial charge in [0.2, 0.25) is 11.8 Å². The summed E-state index contributed by atoms with van der Waals surface area (Å²) in [5.74, 6) is -0.687. The minimum absolute atomic E-state index is 0.327. The summed E-state index contributed by atoms with van der Waals surface area (Å²) in [4.78, 5) is 26.2. The number of rotatable bonds is 3. The van der Waals surface area contributed by atoms with Gasteiger partial charge in [-0.3, -0.25) is 9.59 Å². The summed E-state index contributed by atoms with van der Waals surface area (Å²) in [6.07, 6.45) is 3.54. The van der Waals surface area contributed by atoms with Crippen molar-refractivity contribution in [2.75, 3.05) is 10.6 Å². The first-order chi connectivity index (χ1) is 12.6. The van der Waals surface area contributed by atoms with Crippen molar-refractivity contribution < 1.29 is 9.59 Å². The van der Waals surface area contributed by atoms with E-state index in [-0.39, 0.29) is 11.8 Å². The van der Waals surface area contributed by atoms with E-state index in [4.69, 9.17) is 0 Å². The molecule has 0 aliphatic carbocycles. The van der Waals surface area contributed by atoms with Gasteiger partial charge in [-0.1, -0.05) is 23.9 Å². The van der Waals surface area contributed by atoms with Crippen LogP contribution in [0.2, 0.25) is 0 Å². The quantitative estimate of drug-likeness (QED) is 0.699. The Morgan fingerprint density at radius 3 is 2.65 bits per heavy atom. The number of fused-ring (bicyclic) bond motifs is 1. The fraction of sp³-hybridized carbons (Fsp3) is 0.105. The number of benzene rings is 2. The van der Waals surface area contributed by atoms with Crippen LogP contribution in [0.4, 0.5) is 11.4 Å². The van der Waals surface area contributed by atoms with Crippen molar-refractivity contribution in [3.63, 3.8) is 0 Å². The van der Waals surface area contributed by atoms with E-state index in [9.17, 15) is 9.59 Å². The predicted octanol–water partition coefficient (Wildman–Crippen LogP) is 3.31. The molecule has 2 aromatic carbocycles. The second-order valence-corrected chi connectivity index (χ2v) is 7.50. The summed E-state index contributed by atoms with van der Waals surface area (Å²) in [5, 5.41) is 9.81. The Balaban J connectivity index is 1.53. The lowest BCUT2D eigenvalue weighted by molar-refractivity contribution is -0.126. The molecule has 1 unspecified atom stereocenters. The molecule has 4 rings (SSSR count). The minimum Gasteiger partial charge on any atom is -0.324 e. The molecule has 1 aliphatic rings. The maximum Gasteiger partial charge on any atom is 0.250 e. The van der Waals surface area contributed by atoms with Gasteiger partial charge >= 0.3 is 0 Å². The first kappa shape index (κ1) is 16.4. The highest BCUT2D eigenvalue weighted by atomic mass is 32.2. The molecule has 0 saturated heterocycles. The van der Waals surface area contributed by atoms with Crippen molar-refractivity contribution in [3.05, 3.63) is 67.0 Å². The molecule has 0 bridgehead atoms. The van der Waals surface area contributed by atoms with Crippen LogP contribution in [0.25, 0.3) is 5.69 Å². The number of aromatic nitrogens is 2. The molecule has 6 nitrogen and oxygen atoms in total. The first-order valence-corrected chi connectivity index (χ1v) is 8.89. The van der Waals surface area contributed by atoms with Crippen molar-refractivity contribution in [2.24, 2.45) is 0 Å². The first-order valence-electron chi connectivity index (χ1n) is 8.07. The van der Waals surface area contributed by atoms with Crippen LogP contribution in [0.5, 0.6) is 0 Å². The molecular weight excluding hydrogens is 348 g/mol. The number of anilines is 2. The molecule has 1 aromatic heterocycles. The van der Waals surface area contributed by atoms with Gasteiger partial charge in [0.25, 0.3) is 0 Å². The van der Waals surface area contributed by atoms with E-state index in [0.29, 0.717) is 5.69 Å².